The number of carboxylic acids is 1. The van der Waals surface area contributed by atoms with Crippen LogP contribution < -0.4 is 0 Å². The molecule has 0 radical (unpaired) electrons. The Kier molecular flexibility index (Phi) is 2.34. The minimum Gasteiger partial charge on any atom is -0.507 e. The number of phenols is 1. The van der Waals surface area contributed by atoms with Crippen molar-refractivity contribution in [1.82, 2.24) is 0 Å². The minimum atomic E-state index is -4.69. The van der Waals surface area contributed by atoms with E-state index >= 15 is 0 Å². The van der Waals surface area contributed by atoms with E-state index in [1.54, 1.807) is 0 Å². The number of halogens is 3. The number of hydrogen-bond acceptors (Lipinski definition) is 2. The van der Waals surface area contributed by atoms with Crippen molar-refractivity contribution in [2.24, 2.45) is 0 Å². The van der Waals surface area contributed by atoms with Crippen molar-refractivity contribution >= 4 is 5.97 Å². The molecular weight excluding hydrogens is 237 g/mol. The minimum absolute atomic E-state index is 0.0927. The number of rotatable bonds is 2. The summed E-state index contributed by atoms with van der Waals surface area (Å²) in [4.78, 5) is 11.0. The number of hydrogen-bond donors (Lipinski definition) is 2. The lowest BCUT2D eigenvalue weighted by Gasteiger charge is -2.14. The van der Waals surface area contributed by atoms with E-state index in [-0.39, 0.29) is 5.56 Å². The fraction of sp³-hybridized carbons (Fsp3) is 0.364. The summed E-state index contributed by atoms with van der Waals surface area (Å²) in [5.74, 6) is -2.02. The van der Waals surface area contributed by atoms with Crippen LogP contribution in [0.2, 0.25) is 0 Å². The molecule has 1 aromatic carbocycles. The fourth-order valence-corrected chi connectivity index (χ4v) is 1.81. The lowest BCUT2D eigenvalue weighted by atomic mass is 9.94. The van der Waals surface area contributed by atoms with Gasteiger partial charge in [0, 0.05) is 0 Å². The van der Waals surface area contributed by atoms with E-state index in [0.717, 1.165) is 12.1 Å². The van der Waals surface area contributed by atoms with E-state index < -0.39 is 28.9 Å². The summed E-state index contributed by atoms with van der Waals surface area (Å²) in [7, 11) is 0. The monoisotopic (exact) mass is 246 g/mol. The molecule has 1 aliphatic rings. The Bertz CT molecular complexity index is 475. The van der Waals surface area contributed by atoms with Gasteiger partial charge < -0.3 is 10.2 Å². The highest BCUT2D eigenvalue weighted by Crippen LogP contribution is 2.50. The van der Waals surface area contributed by atoms with Gasteiger partial charge in [-0.15, -0.1) is 0 Å². The Labute approximate surface area is 94.5 Å². The van der Waals surface area contributed by atoms with Gasteiger partial charge in [0.1, 0.15) is 5.75 Å². The molecule has 0 spiro atoms. The molecule has 1 aliphatic carbocycles. The average molecular weight is 246 g/mol. The predicted molar refractivity (Wildman–Crippen MR) is 51.7 cm³/mol. The van der Waals surface area contributed by atoms with E-state index in [2.05, 4.69) is 0 Å². The molecule has 0 amide bonds. The van der Waals surface area contributed by atoms with E-state index in [0.29, 0.717) is 12.8 Å². The van der Waals surface area contributed by atoms with Crippen molar-refractivity contribution < 1.29 is 28.2 Å². The van der Waals surface area contributed by atoms with Gasteiger partial charge >= 0.3 is 12.1 Å². The first kappa shape index (κ1) is 11.8. The normalized spacial score (nSPS) is 17.8. The van der Waals surface area contributed by atoms with Crippen LogP contribution in [0.5, 0.6) is 5.75 Å². The quantitative estimate of drug-likeness (QED) is 0.843. The van der Waals surface area contributed by atoms with Crippen LogP contribution in [0.3, 0.4) is 0 Å². The van der Waals surface area contributed by atoms with Crippen molar-refractivity contribution in [3.05, 3.63) is 29.3 Å². The summed E-state index contributed by atoms with van der Waals surface area (Å²) in [5, 5.41) is 18.1. The molecule has 0 atom stereocenters. The smallest absolute Gasteiger partial charge is 0.419 e. The summed E-state index contributed by atoms with van der Waals surface area (Å²) in [6.07, 6.45) is -4.04. The number of carboxylic acid groups (broad SMARTS) is 1. The molecular formula is C11H9F3O3. The lowest BCUT2D eigenvalue weighted by Crippen LogP contribution is -2.20. The van der Waals surface area contributed by atoms with Crippen LogP contribution in [0.15, 0.2) is 18.2 Å². The zero-order valence-electron chi connectivity index (χ0n) is 8.58. The largest absolute Gasteiger partial charge is 0.507 e. The van der Waals surface area contributed by atoms with Gasteiger partial charge in [0.05, 0.1) is 11.0 Å². The molecule has 17 heavy (non-hydrogen) atoms. The van der Waals surface area contributed by atoms with Gasteiger partial charge in [0.2, 0.25) is 0 Å². The number of aliphatic carboxylic acids is 1. The molecule has 0 saturated heterocycles. The van der Waals surface area contributed by atoms with Crippen molar-refractivity contribution in [1.29, 1.82) is 0 Å². The number of benzene rings is 1. The third-order valence-corrected chi connectivity index (χ3v) is 3.01. The third-order valence-electron chi connectivity index (χ3n) is 3.01. The number of carbonyl (C=O) groups is 1. The molecule has 3 nitrogen and oxygen atoms in total. The van der Waals surface area contributed by atoms with Crippen LogP contribution in [0.1, 0.15) is 24.0 Å². The average Bonchev–Trinajstić information content (AvgIpc) is 2.97. The first-order valence-electron chi connectivity index (χ1n) is 4.91. The molecule has 6 heteroatoms. The maximum absolute atomic E-state index is 12.5. The molecule has 92 valence electrons. The van der Waals surface area contributed by atoms with Gasteiger partial charge in [-0.2, -0.15) is 13.2 Å². The summed E-state index contributed by atoms with van der Waals surface area (Å²) < 4.78 is 37.6. The Morgan fingerprint density at radius 3 is 2.29 bits per heavy atom. The van der Waals surface area contributed by atoms with Crippen molar-refractivity contribution in [2.75, 3.05) is 0 Å². The second-order valence-electron chi connectivity index (χ2n) is 4.12. The molecule has 0 heterocycles. The Morgan fingerprint density at radius 2 is 1.88 bits per heavy atom. The Morgan fingerprint density at radius 1 is 1.29 bits per heavy atom. The summed E-state index contributed by atoms with van der Waals surface area (Å²) in [6, 6.07) is 2.84. The Hall–Kier alpha value is -1.72. The van der Waals surface area contributed by atoms with E-state index in [1.807, 2.05) is 0 Å². The topological polar surface area (TPSA) is 57.5 Å². The number of alkyl halides is 3. The van der Waals surface area contributed by atoms with Crippen LogP contribution >= 0.6 is 0 Å². The van der Waals surface area contributed by atoms with Gasteiger partial charge in [-0.05, 0) is 30.5 Å². The first-order chi connectivity index (χ1) is 7.77. The van der Waals surface area contributed by atoms with Crippen LogP contribution in [-0.2, 0) is 16.4 Å². The highest BCUT2D eigenvalue weighted by Gasteiger charge is 2.52. The molecule has 1 saturated carbocycles. The van der Waals surface area contributed by atoms with Crippen LogP contribution in [0.25, 0.3) is 0 Å². The summed E-state index contributed by atoms with van der Waals surface area (Å²) in [6.45, 7) is 0. The van der Waals surface area contributed by atoms with Gasteiger partial charge in [-0.1, -0.05) is 6.07 Å². The van der Waals surface area contributed by atoms with Crippen LogP contribution in [0.4, 0.5) is 13.2 Å². The number of aromatic hydroxyl groups is 1. The highest BCUT2D eigenvalue weighted by atomic mass is 19.4. The first-order valence-corrected chi connectivity index (χ1v) is 4.91. The molecule has 0 unspecified atom stereocenters. The SMILES string of the molecule is O=C(O)C1(c2ccc(O)c(C(F)(F)F)c2)CC1. The third kappa shape index (κ3) is 1.83. The second-order valence-corrected chi connectivity index (χ2v) is 4.12. The van der Waals surface area contributed by atoms with Crippen molar-refractivity contribution in [2.45, 2.75) is 24.4 Å². The molecule has 1 fully saturated rings. The van der Waals surface area contributed by atoms with Crippen LogP contribution in [0, 0.1) is 0 Å². The predicted octanol–water partition coefficient (Wildman–Crippen LogP) is 2.53. The van der Waals surface area contributed by atoms with E-state index in [9.17, 15) is 18.0 Å². The van der Waals surface area contributed by atoms with Crippen molar-refractivity contribution in [3.63, 3.8) is 0 Å². The van der Waals surface area contributed by atoms with Gasteiger partial charge in [-0.25, -0.2) is 0 Å². The maximum atomic E-state index is 12.5. The van der Waals surface area contributed by atoms with Crippen LogP contribution in [-0.4, -0.2) is 16.2 Å². The lowest BCUT2D eigenvalue weighted by molar-refractivity contribution is -0.141. The van der Waals surface area contributed by atoms with Gasteiger partial charge in [0.15, 0.2) is 0 Å². The zero-order chi connectivity index (χ0) is 12.8. The Balaban J connectivity index is 2.49. The standard InChI is InChI=1S/C11H9F3O3/c12-11(13,14)7-5-6(1-2-8(7)15)10(3-4-10)9(16)17/h1-2,5,15H,3-4H2,(H,16,17). The summed E-state index contributed by atoms with van der Waals surface area (Å²) in [5.41, 5.74) is -2.30. The molecule has 0 aliphatic heterocycles. The van der Waals surface area contributed by atoms with E-state index in [1.165, 1.54) is 6.07 Å². The van der Waals surface area contributed by atoms with Gasteiger partial charge in [-0.3, -0.25) is 4.79 Å². The van der Waals surface area contributed by atoms with Gasteiger partial charge in [0.25, 0.3) is 0 Å². The van der Waals surface area contributed by atoms with Crippen molar-refractivity contribution in [3.8, 4) is 5.75 Å². The second kappa shape index (κ2) is 3.38. The maximum Gasteiger partial charge on any atom is 0.419 e. The molecule has 0 bridgehead atoms. The summed E-state index contributed by atoms with van der Waals surface area (Å²) >= 11 is 0. The zero-order valence-corrected chi connectivity index (χ0v) is 8.58. The number of phenolic OH excluding ortho intramolecular Hbond substituents is 1. The molecule has 0 aromatic heterocycles. The fourth-order valence-electron chi connectivity index (χ4n) is 1.81. The molecule has 1 aromatic rings. The van der Waals surface area contributed by atoms with E-state index in [4.69, 9.17) is 10.2 Å². The molecule has 2 N–H and O–H groups in total. The molecule has 2 rings (SSSR count). The highest BCUT2D eigenvalue weighted by molar-refractivity contribution is 5.85.